The van der Waals surface area contributed by atoms with E-state index in [1.54, 1.807) is 0 Å². The van der Waals surface area contributed by atoms with E-state index >= 15 is 0 Å². The minimum Gasteiger partial charge on any atom is -0.314 e. The van der Waals surface area contributed by atoms with Crippen LogP contribution in [0.3, 0.4) is 0 Å². The van der Waals surface area contributed by atoms with Crippen LogP contribution in [0.1, 0.15) is 5.56 Å². The van der Waals surface area contributed by atoms with Crippen LogP contribution in [0.2, 0.25) is 0 Å². The zero-order chi connectivity index (χ0) is 16.1. The monoisotopic (exact) mass is 383 g/mol. The lowest BCUT2D eigenvalue weighted by atomic mass is 10.1. The first-order valence-corrected chi connectivity index (χ1v) is 8.91. The fourth-order valence-corrected chi connectivity index (χ4v) is 3.24. The predicted molar refractivity (Wildman–Crippen MR) is 97.2 cm³/mol. The molecular weight excluding hydrogens is 370 g/mol. The van der Waals surface area contributed by atoms with Crippen molar-refractivity contribution in [2.45, 2.75) is 11.7 Å². The molecule has 5 heteroatoms. The molecule has 0 unspecified atom stereocenters. The van der Waals surface area contributed by atoms with Crippen molar-refractivity contribution in [1.29, 1.82) is 5.26 Å². The van der Waals surface area contributed by atoms with Gasteiger partial charge in [0.05, 0.1) is 30.3 Å². The number of hydrogen-bond donors (Lipinski definition) is 0. The molecule has 0 saturated carbocycles. The first-order valence-electron chi connectivity index (χ1n) is 7.13. The van der Waals surface area contributed by atoms with E-state index in [1.165, 1.54) is 17.3 Å². The van der Waals surface area contributed by atoms with Crippen LogP contribution in [0.4, 0.5) is 0 Å². The number of thioether (sulfide) groups is 1. The number of halogens is 1. The number of rotatable bonds is 5. The van der Waals surface area contributed by atoms with Crippen molar-refractivity contribution in [3.63, 3.8) is 0 Å². The molecule has 114 valence electrons. The SMILES string of the molecule is N#CCSc1ncc(-c2ccc(Br)cc2)n1Cc1ccccc1. The predicted octanol–water partition coefficient (Wildman–Crippen LogP) is 4.98. The highest BCUT2D eigenvalue weighted by atomic mass is 79.9. The molecule has 23 heavy (non-hydrogen) atoms. The maximum absolute atomic E-state index is 8.85. The number of aromatic nitrogens is 2. The largest absolute Gasteiger partial charge is 0.314 e. The van der Waals surface area contributed by atoms with Crippen molar-refractivity contribution in [1.82, 2.24) is 9.55 Å². The Labute approximate surface area is 148 Å². The fourth-order valence-electron chi connectivity index (χ4n) is 2.34. The molecular formula is C18H14BrN3S. The van der Waals surface area contributed by atoms with E-state index in [1.807, 2.05) is 36.5 Å². The first-order chi connectivity index (χ1) is 11.3. The third-order valence-corrected chi connectivity index (χ3v) is 4.79. The average Bonchev–Trinajstić information content (AvgIpc) is 2.97. The number of nitriles is 1. The molecule has 1 heterocycles. The van der Waals surface area contributed by atoms with E-state index in [9.17, 15) is 0 Å². The van der Waals surface area contributed by atoms with Crippen molar-refractivity contribution in [3.05, 3.63) is 70.8 Å². The highest BCUT2D eigenvalue weighted by Gasteiger charge is 2.12. The molecule has 0 amide bonds. The Morgan fingerprint density at radius 3 is 2.52 bits per heavy atom. The second-order valence-electron chi connectivity index (χ2n) is 4.95. The summed E-state index contributed by atoms with van der Waals surface area (Å²) in [5, 5.41) is 9.72. The van der Waals surface area contributed by atoms with Crippen LogP contribution >= 0.6 is 27.7 Å². The van der Waals surface area contributed by atoms with Crippen molar-refractivity contribution >= 4 is 27.7 Å². The van der Waals surface area contributed by atoms with Crippen LogP contribution < -0.4 is 0 Å². The first kappa shape index (κ1) is 15.9. The molecule has 0 aliphatic rings. The van der Waals surface area contributed by atoms with Gasteiger partial charge >= 0.3 is 0 Å². The highest BCUT2D eigenvalue weighted by Crippen LogP contribution is 2.28. The lowest BCUT2D eigenvalue weighted by molar-refractivity contribution is 0.716. The smallest absolute Gasteiger partial charge is 0.169 e. The minimum absolute atomic E-state index is 0.394. The molecule has 0 atom stereocenters. The van der Waals surface area contributed by atoms with Crippen molar-refractivity contribution in [2.24, 2.45) is 0 Å². The van der Waals surface area contributed by atoms with E-state index in [0.29, 0.717) is 5.75 Å². The summed E-state index contributed by atoms with van der Waals surface area (Å²) in [5.41, 5.74) is 3.38. The third kappa shape index (κ3) is 3.84. The summed E-state index contributed by atoms with van der Waals surface area (Å²) < 4.78 is 3.22. The zero-order valence-corrected chi connectivity index (χ0v) is 14.7. The van der Waals surface area contributed by atoms with Crippen LogP contribution in [-0.4, -0.2) is 15.3 Å². The number of imidazole rings is 1. The van der Waals surface area contributed by atoms with Gasteiger partial charge in [0.1, 0.15) is 0 Å². The quantitative estimate of drug-likeness (QED) is 0.583. The van der Waals surface area contributed by atoms with E-state index < -0.39 is 0 Å². The van der Waals surface area contributed by atoms with Gasteiger partial charge in [-0.05, 0) is 23.3 Å². The van der Waals surface area contributed by atoms with Gasteiger partial charge in [-0.25, -0.2) is 4.98 Å². The Hall–Kier alpha value is -2.03. The lowest BCUT2D eigenvalue weighted by Crippen LogP contribution is -2.03. The van der Waals surface area contributed by atoms with Gasteiger partial charge in [0.15, 0.2) is 5.16 Å². The van der Waals surface area contributed by atoms with E-state index in [-0.39, 0.29) is 0 Å². The Bertz CT molecular complexity index is 820. The fraction of sp³-hybridized carbons (Fsp3) is 0.111. The molecule has 3 rings (SSSR count). The number of hydrogen-bond acceptors (Lipinski definition) is 3. The number of benzene rings is 2. The van der Waals surface area contributed by atoms with E-state index in [0.717, 1.165) is 27.4 Å². The molecule has 0 aliphatic heterocycles. The van der Waals surface area contributed by atoms with Gasteiger partial charge < -0.3 is 4.57 Å². The van der Waals surface area contributed by atoms with E-state index in [2.05, 4.69) is 55.8 Å². The Kier molecular flexibility index (Phi) is 5.16. The molecule has 2 aromatic carbocycles. The van der Waals surface area contributed by atoms with Crippen LogP contribution in [-0.2, 0) is 6.54 Å². The average molecular weight is 384 g/mol. The molecule has 1 aromatic heterocycles. The minimum atomic E-state index is 0.394. The molecule has 0 aliphatic carbocycles. The molecule has 3 nitrogen and oxygen atoms in total. The summed E-state index contributed by atoms with van der Waals surface area (Å²) in [6.07, 6.45) is 1.88. The normalized spacial score (nSPS) is 10.4. The van der Waals surface area contributed by atoms with Gasteiger partial charge in [0.25, 0.3) is 0 Å². The summed E-state index contributed by atoms with van der Waals surface area (Å²) >= 11 is 4.93. The van der Waals surface area contributed by atoms with Gasteiger partial charge in [-0.1, -0.05) is 70.2 Å². The van der Waals surface area contributed by atoms with Crippen molar-refractivity contribution in [3.8, 4) is 17.3 Å². The highest BCUT2D eigenvalue weighted by molar-refractivity contribution is 9.10. The number of nitrogens with zero attached hydrogens (tertiary/aromatic N) is 3. The van der Waals surface area contributed by atoms with Crippen LogP contribution in [0, 0.1) is 11.3 Å². The molecule has 0 spiro atoms. The second kappa shape index (κ2) is 7.49. The molecule has 0 saturated heterocycles. The van der Waals surface area contributed by atoms with Gasteiger partial charge in [0, 0.05) is 4.47 Å². The van der Waals surface area contributed by atoms with E-state index in [4.69, 9.17) is 5.26 Å². The summed E-state index contributed by atoms with van der Waals surface area (Å²) in [5.74, 6) is 0.394. The molecule has 0 N–H and O–H groups in total. The van der Waals surface area contributed by atoms with Gasteiger partial charge in [-0.15, -0.1) is 0 Å². The zero-order valence-electron chi connectivity index (χ0n) is 12.3. The van der Waals surface area contributed by atoms with Crippen molar-refractivity contribution < 1.29 is 0 Å². The van der Waals surface area contributed by atoms with Crippen LogP contribution in [0.15, 0.2) is 70.4 Å². The molecule has 0 radical (unpaired) electrons. The third-order valence-electron chi connectivity index (χ3n) is 3.41. The molecule has 3 aromatic rings. The summed E-state index contributed by atoms with van der Waals surface area (Å²) in [6, 6.07) is 20.6. The Morgan fingerprint density at radius 1 is 1.09 bits per heavy atom. The van der Waals surface area contributed by atoms with Gasteiger partial charge in [-0.2, -0.15) is 5.26 Å². The van der Waals surface area contributed by atoms with Gasteiger partial charge in [-0.3, -0.25) is 0 Å². The second-order valence-corrected chi connectivity index (χ2v) is 6.81. The summed E-state index contributed by atoms with van der Waals surface area (Å²) in [7, 11) is 0. The van der Waals surface area contributed by atoms with Crippen LogP contribution in [0.5, 0.6) is 0 Å². The van der Waals surface area contributed by atoms with Crippen molar-refractivity contribution in [2.75, 3.05) is 5.75 Å². The topological polar surface area (TPSA) is 41.6 Å². The maximum Gasteiger partial charge on any atom is 0.169 e. The summed E-state index contributed by atoms with van der Waals surface area (Å²) in [4.78, 5) is 4.51. The standard InChI is InChI=1S/C18H14BrN3S/c19-16-8-6-15(7-9-16)17-12-21-18(23-11-10-20)22(17)13-14-4-2-1-3-5-14/h1-9,12H,11,13H2. The Morgan fingerprint density at radius 2 is 1.83 bits per heavy atom. The van der Waals surface area contributed by atoms with Gasteiger partial charge in [0.2, 0.25) is 0 Å². The lowest BCUT2D eigenvalue weighted by Gasteiger charge is -2.11. The molecule has 0 bridgehead atoms. The summed E-state index contributed by atoms with van der Waals surface area (Å²) in [6.45, 7) is 0.736. The van der Waals surface area contributed by atoms with Crippen LogP contribution in [0.25, 0.3) is 11.3 Å². The maximum atomic E-state index is 8.85. The molecule has 0 fully saturated rings. The Balaban J connectivity index is 2.00.